The van der Waals surface area contributed by atoms with Crippen LogP contribution in [0.15, 0.2) is 12.1 Å². The normalized spacial score (nSPS) is 20.9. The number of carbonyl (C=O) groups is 1. The number of carbonyl (C=O) groups excluding carboxylic acids is 1. The molecule has 0 atom stereocenters. The van der Waals surface area contributed by atoms with Crippen molar-refractivity contribution in [1.29, 1.82) is 0 Å². The van der Waals surface area contributed by atoms with Gasteiger partial charge in [-0.1, -0.05) is 0 Å². The molecule has 0 unspecified atom stereocenters. The highest BCUT2D eigenvalue weighted by Crippen LogP contribution is 2.31. The maximum atomic E-state index is 11.7. The molecule has 0 N–H and O–H groups in total. The van der Waals surface area contributed by atoms with Crippen LogP contribution in [0.2, 0.25) is 0 Å². The Bertz CT molecular complexity index is 550. The number of morpholine rings is 1. The number of nitrogens with zero attached hydrogens (tertiary/aromatic N) is 2. The van der Waals surface area contributed by atoms with E-state index in [-0.39, 0.29) is 11.6 Å². The highest BCUT2D eigenvalue weighted by atomic mass is 16.5. The van der Waals surface area contributed by atoms with Gasteiger partial charge >= 0.3 is 5.97 Å². The smallest absolute Gasteiger partial charge is 0.339 e. The van der Waals surface area contributed by atoms with E-state index in [4.69, 9.17) is 14.2 Å². The lowest BCUT2D eigenvalue weighted by Crippen LogP contribution is -2.54. The second-order valence-corrected chi connectivity index (χ2v) is 5.86. The molecule has 1 aromatic rings. The Hall–Kier alpha value is -1.66. The number of rotatable bonds is 2. The van der Waals surface area contributed by atoms with Crippen LogP contribution in [-0.4, -0.2) is 56.6 Å². The summed E-state index contributed by atoms with van der Waals surface area (Å²) in [6.45, 7) is 5.66. The summed E-state index contributed by atoms with van der Waals surface area (Å²) < 4.78 is 16.3. The molecule has 0 aromatic carbocycles. The van der Waals surface area contributed by atoms with Crippen molar-refractivity contribution in [2.24, 2.45) is 0 Å². The third kappa shape index (κ3) is 2.94. The number of anilines is 1. The molecule has 3 rings (SSSR count). The molecule has 0 aliphatic carbocycles. The molecule has 2 aliphatic heterocycles. The fraction of sp³-hybridized carbons (Fsp3) is 0.625. The van der Waals surface area contributed by atoms with Crippen LogP contribution in [0.5, 0.6) is 0 Å². The molecular formula is C16H22N2O4. The Morgan fingerprint density at radius 1 is 1.32 bits per heavy atom. The highest BCUT2D eigenvalue weighted by molar-refractivity contribution is 5.90. The molecule has 2 saturated heterocycles. The van der Waals surface area contributed by atoms with E-state index in [1.54, 1.807) is 6.07 Å². The van der Waals surface area contributed by atoms with Gasteiger partial charge in [0.25, 0.3) is 0 Å². The summed E-state index contributed by atoms with van der Waals surface area (Å²) in [5.74, 6) is 0.541. The fourth-order valence-electron chi connectivity index (χ4n) is 3.14. The van der Waals surface area contributed by atoms with E-state index in [0.29, 0.717) is 17.9 Å². The van der Waals surface area contributed by atoms with E-state index in [9.17, 15) is 4.79 Å². The van der Waals surface area contributed by atoms with Crippen molar-refractivity contribution in [1.82, 2.24) is 4.98 Å². The topological polar surface area (TPSA) is 60.9 Å². The Balaban J connectivity index is 1.78. The van der Waals surface area contributed by atoms with Crippen molar-refractivity contribution in [3.05, 3.63) is 23.4 Å². The molecule has 0 saturated carbocycles. The average Bonchev–Trinajstić information content (AvgIpc) is 2.55. The number of aryl methyl sites for hydroxylation is 1. The van der Waals surface area contributed by atoms with Crippen molar-refractivity contribution >= 4 is 11.8 Å². The monoisotopic (exact) mass is 306 g/mol. The summed E-state index contributed by atoms with van der Waals surface area (Å²) in [5.41, 5.74) is 1.09. The predicted molar refractivity (Wildman–Crippen MR) is 81.3 cm³/mol. The molecule has 1 aromatic heterocycles. The first kappa shape index (κ1) is 15.2. The Kier molecular flexibility index (Phi) is 4.31. The van der Waals surface area contributed by atoms with E-state index < -0.39 is 0 Å². The summed E-state index contributed by atoms with van der Waals surface area (Å²) in [6, 6.07) is 3.67. The van der Waals surface area contributed by atoms with Crippen LogP contribution in [0, 0.1) is 6.92 Å². The quantitative estimate of drug-likeness (QED) is 0.773. The van der Waals surface area contributed by atoms with Gasteiger partial charge in [-0.25, -0.2) is 9.78 Å². The van der Waals surface area contributed by atoms with Crippen molar-refractivity contribution in [2.75, 3.05) is 44.9 Å². The van der Waals surface area contributed by atoms with Crippen LogP contribution in [0.4, 0.5) is 5.82 Å². The highest BCUT2D eigenvalue weighted by Gasteiger charge is 2.38. The lowest BCUT2D eigenvalue weighted by molar-refractivity contribution is -0.116. The Morgan fingerprint density at radius 2 is 2.09 bits per heavy atom. The second-order valence-electron chi connectivity index (χ2n) is 5.86. The maximum absolute atomic E-state index is 11.7. The van der Waals surface area contributed by atoms with Crippen LogP contribution in [0.3, 0.4) is 0 Å². The summed E-state index contributed by atoms with van der Waals surface area (Å²) in [7, 11) is 1.38. The van der Waals surface area contributed by atoms with Crippen LogP contribution >= 0.6 is 0 Å². The fourth-order valence-corrected chi connectivity index (χ4v) is 3.14. The predicted octanol–water partition coefficient (Wildman–Crippen LogP) is 1.56. The minimum Gasteiger partial charge on any atom is -0.465 e. The first-order valence-corrected chi connectivity index (χ1v) is 7.66. The largest absolute Gasteiger partial charge is 0.465 e. The average molecular weight is 306 g/mol. The molecule has 3 heterocycles. The van der Waals surface area contributed by atoms with Gasteiger partial charge in [0.2, 0.25) is 0 Å². The minimum absolute atomic E-state index is 0.118. The molecule has 2 aliphatic rings. The van der Waals surface area contributed by atoms with E-state index in [2.05, 4.69) is 9.88 Å². The van der Waals surface area contributed by atoms with Crippen LogP contribution < -0.4 is 4.90 Å². The van der Waals surface area contributed by atoms with Gasteiger partial charge < -0.3 is 19.1 Å². The van der Waals surface area contributed by atoms with Crippen LogP contribution in [0.25, 0.3) is 0 Å². The summed E-state index contributed by atoms with van der Waals surface area (Å²) in [6.07, 6.45) is 1.84. The van der Waals surface area contributed by atoms with Gasteiger partial charge in [-0.2, -0.15) is 0 Å². The van der Waals surface area contributed by atoms with Crippen molar-refractivity contribution in [3.63, 3.8) is 0 Å². The molecule has 1 spiro atoms. The molecule has 0 radical (unpaired) electrons. The Labute approximate surface area is 130 Å². The van der Waals surface area contributed by atoms with Gasteiger partial charge in [0, 0.05) is 39.1 Å². The first-order chi connectivity index (χ1) is 10.6. The molecule has 6 heteroatoms. The summed E-state index contributed by atoms with van der Waals surface area (Å²) in [5, 5.41) is 0. The number of hydrogen-bond donors (Lipinski definition) is 0. The third-order valence-corrected chi connectivity index (χ3v) is 4.45. The zero-order valence-electron chi connectivity index (χ0n) is 13.1. The molecular weight excluding hydrogens is 284 g/mol. The van der Waals surface area contributed by atoms with Crippen LogP contribution in [0.1, 0.15) is 28.9 Å². The number of pyridine rings is 1. The summed E-state index contributed by atoms with van der Waals surface area (Å²) in [4.78, 5) is 18.5. The Morgan fingerprint density at radius 3 is 2.77 bits per heavy atom. The van der Waals surface area contributed by atoms with Crippen LogP contribution in [-0.2, 0) is 14.2 Å². The van der Waals surface area contributed by atoms with Gasteiger partial charge in [0.1, 0.15) is 5.82 Å². The molecule has 0 amide bonds. The minimum atomic E-state index is -0.348. The summed E-state index contributed by atoms with van der Waals surface area (Å²) >= 11 is 0. The van der Waals surface area contributed by atoms with E-state index in [1.807, 2.05) is 13.0 Å². The molecule has 2 fully saturated rings. The molecule has 0 bridgehead atoms. The van der Waals surface area contributed by atoms with Gasteiger partial charge in [-0.05, 0) is 19.1 Å². The van der Waals surface area contributed by atoms with Gasteiger partial charge in [-0.15, -0.1) is 0 Å². The molecule has 120 valence electrons. The zero-order valence-corrected chi connectivity index (χ0v) is 13.1. The third-order valence-electron chi connectivity index (χ3n) is 4.45. The number of aromatic nitrogens is 1. The van der Waals surface area contributed by atoms with E-state index >= 15 is 0 Å². The standard InChI is InChI=1S/C16H22N2O4/c1-12-13(15(19)20-2)3-4-14(17-12)18-7-10-22-16(11-18)5-8-21-9-6-16/h3-4H,5-11H2,1-2H3. The van der Waals surface area contributed by atoms with Crippen molar-refractivity contribution < 1.29 is 19.0 Å². The van der Waals surface area contributed by atoms with Gasteiger partial charge in [0.05, 0.1) is 30.6 Å². The second kappa shape index (κ2) is 6.22. The molecule has 22 heavy (non-hydrogen) atoms. The van der Waals surface area contributed by atoms with E-state index in [1.165, 1.54) is 7.11 Å². The van der Waals surface area contributed by atoms with Gasteiger partial charge in [0.15, 0.2) is 0 Å². The number of ether oxygens (including phenoxy) is 3. The van der Waals surface area contributed by atoms with Gasteiger partial charge in [-0.3, -0.25) is 0 Å². The SMILES string of the molecule is COC(=O)c1ccc(N2CCOC3(CCOCC3)C2)nc1C. The lowest BCUT2D eigenvalue weighted by Gasteiger charge is -2.45. The maximum Gasteiger partial charge on any atom is 0.339 e. The molecule has 6 nitrogen and oxygen atoms in total. The van der Waals surface area contributed by atoms with E-state index in [0.717, 1.165) is 45.0 Å². The first-order valence-electron chi connectivity index (χ1n) is 7.66. The number of hydrogen-bond acceptors (Lipinski definition) is 6. The number of methoxy groups -OCH3 is 1. The zero-order chi connectivity index (χ0) is 15.6. The van der Waals surface area contributed by atoms with Crippen molar-refractivity contribution in [2.45, 2.75) is 25.4 Å². The van der Waals surface area contributed by atoms with Crippen molar-refractivity contribution in [3.8, 4) is 0 Å². The number of esters is 1. The lowest BCUT2D eigenvalue weighted by atomic mass is 9.92.